The van der Waals surface area contributed by atoms with Gasteiger partial charge in [0.1, 0.15) is 5.75 Å². The number of hydrogen-bond donors (Lipinski definition) is 2. The number of benzene rings is 2. The molecule has 2 N–H and O–H groups in total. The standard InChI is InChI=1S/C20H23N3O3S/c1-14(17-5-4-6-18(11-17)21-15(2)24)22-23-20(25)13-27-12-16-7-9-19(26-3)10-8-16/h4-11H,12-13H2,1-3H3,(H,21,24)(H,23,25). The third-order valence-electron chi connectivity index (χ3n) is 3.61. The van der Waals surface area contributed by atoms with Crippen molar-refractivity contribution in [3.8, 4) is 5.75 Å². The van der Waals surface area contributed by atoms with Gasteiger partial charge in [0.15, 0.2) is 0 Å². The number of hydrogen-bond acceptors (Lipinski definition) is 5. The maximum absolute atomic E-state index is 12.0. The van der Waals surface area contributed by atoms with E-state index in [1.807, 2.05) is 42.5 Å². The summed E-state index contributed by atoms with van der Waals surface area (Å²) in [7, 11) is 1.63. The van der Waals surface area contributed by atoms with Crippen LogP contribution in [0, 0.1) is 0 Å². The summed E-state index contributed by atoms with van der Waals surface area (Å²) in [4.78, 5) is 23.1. The van der Waals surface area contributed by atoms with Gasteiger partial charge in [-0.25, -0.2) is 5.43 Å². The molecule has 0 aliphatic carbocycles. The Morgan fingerprint density at radius 1 is 1.11 bits per heavy atom. The molecule has 0 aliphatic rings. The molecule has 0 saturated carbocycles. The molecule has 7 heteroatoms. The molecule has 0 atom stereocenters. The van der Waals surface area contributed by atoms with Crippen molar-refractivity contribution in [2.24, 2.45) is 5.10 Å². The average Bonchev–Trinajstić information content (AvgIpc) is 2.66. The van der Waals surface area contributed by atoms with Crippen LogP contribution in [0.5, 0.6) is 5.75 Å². The van der Waals surface area contributed by atoms with E-state index < -0.39 is 0 Å². The minimum Gasteiger partial charge on any atom is -0.497 e. The highest BCUT2D eigenvalue weighted by Gasteiger charge is 2.04. The Labute approximate surface area is 163 Å². The summed E-state index contributed by atoms with van der Waals surface area (Å²) in [6.07, 6.45) is 0. The molecular formula is C20H23N3O3S. The zero-order valence-corrected chi connectivity index (χ0v) is 16.4. The molecule has 2 amide bonds. The number of carbonyl (C=O) groups excluding carboxylic acids is 2. The van der Waals surface area contributed by atoms with Crippen molar-refractivity contribution in [1.29, 1.82) is 0 Å². The molecule has 0 saturated heterocycles. The molecule has 0 fully saturated rings. The summed E-state index contributed by atoms with van der Waals surface area (Å²) in [6.45, 7) is 3.26. The van der Waals surface area contributed by atoms with E-state index in [2.05, 4.69) is 15.8 Å². The molecule has 0 unspecified atom stereocenters. The molecule has 0 aliphatic heterocycles. The van der Waals surface area contributed by atoms with Crippen molar-refractivity contribution in [1.82, 2.24) is 5.43 Å². The van der Waals surface area contributed by atoms with Gasteiger partial charge in [0.05, 0.1) is 18.6 Å². The van der Waals surface area contributed by atoms with Gasteiger partial charge in [-0.05, 0) is 42.3 Å². The molecule has 2 aromatic rings. The third kappa shape index (κ3) is 7.15. The molecule has 2 aromatic carbocycles. The number of nitrogens with one attached hydrogen (secondary N) is 2. The molecule has 0 radical (unpaired) electrons. The van der Waals surface area contributed by atoms with E-state index in [-0.39, 0.29) is 11.8 Å². The number of hydrazone groups is 1. The number of ether oxygens (including phenoxy) is 1. The maximum atomic E-state index is 12.0. The second-order valence-corrected chi connectivity index (χ2v) is 6.82. The summed E-state index contributed by atoms with van der Waals surface area (Å²) in [5.74, 6) is 1.57. The van der Waals surface area contributed by atoms with Crippen molar-refractivity contribution in [3.05, 3.63) is 59.7 Å². The molecule has 0 heterocycles. The topological polar surface area (TPSA) is 79.8 Å². The summed E-state index contributed by atoms with van der Waals surface area (Å²) in [5, 5.41) is 6.86. The SMILES string of the molecule is COc1ccc(CSCC(=O)NN=C(C)c2cccc(NC(C)=O)c2)cc1. The summed E-state index contributed by atoms with van der Waals surface area (Å²) in [5.41, 5.74) is 5.87. The Morgan fingerprint density at radius 2 is 1.85 bits per heavy atom. The minimum absolute atomic E-state index is 0.135. The van der Waals surface area contributed by atoms with Crippen LogP contribution in [-0.4, -0.2) is 30.4 Å². The Bertz CT molecular complexity index is 819. The first-order valence-corrected chi connectivity index (χ1v) is 9.55. The highest BCUT2D eigenvalue weighted by Crippen LogP contribution is 2.16. The first-order valence-electron chi connectivity index (χ1n) is 8.40. The molecule has 142 valence electrons. The smallest absolute Gasteiger partial charge is 0.250 e. The lowest BCUT2D eigenvalue weighted by molar-refractivity contribution is -0.118. The van der Waals surface area contributed by atoms with Crippen LogP contribution in [0.2, 0.25) is 0 Å². The van der Waals surface area contributed by atoms with Crippen molar-refractivity contribution in [3.63, 3.8) is 0 Å². The van der Waals surface area contributed by atoms with Crippen LogP contribution >= 0.6 is 11.8 Å². The number of anilines is 1. The van der Waals surface area contributed by atoms with E-state index in [1.165, 1.54) is 18.7 Å². The highest BCUT2D eigenvalue weighted by molar-refractivity contribution is 7.99. The molecule has 0 aromatic heterocycles. The zero-order chi connectivity index (χ0) is 19.6. The average molecular weight is 385 g/mol. The van der Waals surface area contributed by atoms with Crippen molar-refractivity contribution in [2.75, 3.05) is 18.2 Å². The Morgan fingerprint density at radius 3 is 2.52 bits per heavy atom. The van der Waals surface area contributed by atoms with E-state index in [0.29, 0.717) is 17.2 Å². The Kier molecular flexibility index (Phi) is 7.88. The largest absolute Gasteiger partial charge is 0.497 e. The second kappa shape index (κ2) is 10.4. The molecule has 2 rings (SSSR count). The fourth-order valence-corrected chi connectivity index (χ4v) is 3.03. The summed E-state index contributed by atoms with van der Waals surface area (Å²) in [6, 6.07) is 15.1. The van der Waals surface area contributed by atoms with Gasteiger partial charge in [-0.2, -0.15) is 5.10 Å². The molecular weight excluding hydrogens is 362 g/mol. The van der Waals surface area contributed by atoms with Crippen LogP contribution in [0.4, 0.5) is 5.69 Å². The first-order chi connectivity index (χ1) is 13.0. The number of rotatable bonds is 8. The first kappa shape index (κ1) is 20.5. The van der Waals surface area contributed by atoms with Crippen LogP contribution < -0.4 is 15.5 Å². The predicted octanol–water partition coefficient (Wildman–Crippen LogP) is 3.43. The molecule has 0 spiro atoms. The maximum Gasteiger partial charge on any atom is 0.250 e. The fraction of sp³-hybridized carbons (Fsp3) is 0.250. The number of methoxy groups -OCH3 is 1. The van der Waals surface area contributed by atoms with Crippen molar-refractivity contribution in [2.45, 2.75) is 19.6 Å². The van der Waals surface area contributed by atoms with Gasteiger partial charge in [0.2, 0.25) is 11.8 Å². The van der Waals surface area contributed by atoms with Gasteiger partial charge < -0.3 is 10.1 Å². The molecule has 0 bridgehead atoms. The van der Waals surface area contributed by atoms with Crippen LogP contribution in [0.1, 0.15) is 25.0 Å². The van der Waals surface area contributed by atoms with Crippen LogP contribution in [0.25, 0.3) is 0 Å². The van der Waals surface area contributed by atoms with Gasteiger partial charge in [-0.1, -0.05) is 24.3 Å². The van der Waals surface area contributed by atoms with E-state index in [9.17, 15) is 9.59 Å². The Hall–Kier alpha value is -2.80. The third-order valence-corrected chi connectivity index (χ3v) is 4.61. The second-order valence-electron chi connectivity index (χ2n) is 5.84. The van der Waals surface area contributed by atoms with Crippen LogP contribution in [-0.2, 0) is 15.3 Å². The van der Waals surface area contributed by atoms with E-state index in [1.54, 1.807) is 20.1 Å². The van der Waals surface area contributed by atoms with E-state index >= 15 is 0 Å². The summed E-state index contributed by atoms with van der Waals surface area (Å²) >= 11 is 1.52. The monoisotopic (exact) mass is 385 g/mol. The summed E-state index contributed by atoms with van der Waals surface area (Å²) < 4.78 is 5.12. The number of amides is 2. The van der Waals surface area contributed by atoms with Gasteiger partial charge in [-0.15, -0.1) is 11.8 Å². The minimum atomic E-state index is -0.161. The van der Waals surface area contributed by atoms with Crippen molar-refractivity contribution < 1.29 is 14.3 Å². The Balaban J connectivity index is 1.81. The van der Waals surface area contributed by atoms with Gasteiger partial charge >= 0.3 is 0 Å². The van der Waals surface area contributed by atoms with Gasteiger partial charge in [0.25, 0.3) is 0 Å². The highest BCUT2D eigenvalue weighted by atomic mass is 32.2. The zero-order valence-electron chi connectivity index (χ0n) is 15.6. The lowest BCUT2D eigenvalue weighted by atomic mass is 10.1. The van der Waals surface area contributed by atoms with Crippen LogP contribution in [0.15, 0.2) is 53.6 Å². The quantitative estimate of drug-likeness (QED) is 0.539. The van der Waals surface area contributed by atoms with Gasteiger partial charge in [0, 0.05) is 18.4 Å². The van der Waals surface area contributed by atoms with Crippen molar-refractivity contribution >= 4 is 35.0 Å². The molecule has 27 heavy (non-hydrogen) atoms. The number of nitrogens with zero attached hydrogens (tertiary/aromatic N) is 1. The normalized spacial score (nSPS) is 11.0. The number of thioether (sulfide) groups is 1. The predicted molar refractivity (Wildman–Crippen MR) is 110 cm³/mol. The number of carbonyl (C=O) groups is 2. The lowest BCUT2D eigenvalue weighted by Crippen LogP contribution is -2.21. The van der Waals surface area contributed by atoms with Crippen LogP contribution in [0.3, 0.4) is 0 Å². The molecule has 6 nitrogen and oxygen atoms in total. The van der Waals surface area contributed by atoms with E-state index in [0.717, 1.165) is 22.6 Å². The van der Waals surface area contributed by atoms with Gasteiger partial charge in [-0.3, -0.25) is 9.59 Å². The lowest BCUT2D eigenvalue weighted by Gasteiger charge is -2.06. The fourth-order valence-electron chi connectivity index (χ4n) is 2.25. The van der Waals surface area contributed by atoms with E-state index in [4.69, 9.17) is 4.74 Å².